The van der Waals surface area contributed by atoms with E-state index in [4.69, 9.17) is 4.74 Å². The molecule has 0 amide bonds. The van der Waals surface area contributed by atoms with Crippen molar-refractivity contribution >= 4 is 17.7 Å². The van der Waals surface area contributed by atoms with Gasteiger partial charge in [0.2, 0.25) is 5.95 Å². The molecule has 1 N–H and O–H groups in total. The number of piperidine rings is 1. The normalized spacial score (nSPS) is 20.1. The summed E-state index contributed by atoms with van der Waals surface area (Å²) in [6, 6.07) is 1.95. The van der Waals surface area contributed by atoms with Crippen molar-refractivity contribution in [2.24, 2.45) is 0 Å². The van der Waals surface area contributed by atoms with E-state index in [2.05, 4.69) is 25.1 Å². The Bertz CT molecular complexity index is 665. The lowest BCUT2D eigenvalue weighted by molar-refractivity contribution is -0.0797. The second-order valence-electron chi connectivity index (χ2n) is 5.75. The smallest absolute Gasteiger partial charge is 0.226 e. The summed E-state index contributed by atoms with van der Waals surface area (Å²) in [4.78, 5) is 11.3. The van der Waals surface area contributed by atoms with Gasteiger partial charge in [0.1, 0.15) is 10.6 Å². The van der Waals surface area contributed by atoms with Gasteiger partial charge in [-0.25, -0.2) is 9.97 Å². The molecule has 0 atom stereocenters. The first-order valence-electron chi connectivity index (χ1n) is 7.59. The lowest BCUT2D eigenvalue weighted by Gasteiger charge is -2.43. The van der Waals surface area contributed by atoms with Crippen LogP contribution in [0.1, 0.15) is 24.1 Å². The first-order chi connectivity index (χ1) is 10.8. The van der Waals surface area contributed by atoms with Crippen LogP contribution >= 0.6 is 11.8 Å². The second kappa shape index (κ2) is 5.55. The maximum absolute atomic E-state index is 6.18. The van der Waals surface area contributed by atoms with Crippen molar-refractivity contribution in [3.63, 3.8) is 0 Å². The molecule has 2 aromatic heterocycles. The highest BCUT2D eigenvalue weighted by Gasteiger charge is 2.42. The summed E-state index contributed by atoms with van der Waals surface area (Å²) in [7, 11) is 0. The van der Waals surface area contributed by atoms with Crippen molar-refractivity contribution in [1.29, 1.82) is 0 Å². The largest absolute Gasteiger partial charge is 0.368 e. The summed E-state index contributed by atoms with van der Waals surface area (Å²) in [6.07, 6.45) is 8.65. The molecule has 22 heavy (non-hydrogen) atoms. The number of fused-ring (bicyclic) bond motifs is 2. The van der Waals surface area contributed by atoms with Crippen LogP contribution in [-0.2, 0) is 16.8 Å². The second-order valence-corrected chi connectivity index (χ2v) is 6.58. The SMILES string of the molecule is CSc1ccnc(N2CCC3(CC2)OCCc2cn[nH]c23)n1. The molecule has 4 rings (SSSR count). The van der Waals surface area contributed by atoms with Crippen LogP contribution in [0.3, 0.4) is 0 Å². The number of nitrogens with one attached hydrogen (secondary N) is 1. The van der Waals surface area contributed by atoms with E-state index in [1.807, 2.05) is 24.7 Å². The number of rotatable bonds is 2. The third-order valence-electron chi connectivity index (χ3n) is 4.60. The zero-order valence-electron chi connectivity index (χ0n) is 12.6. The zero-order valence-corrected chi connectivity index (χ0v) is 13.4. The van der Waals surface area contributed by atoms with Gasteiger partial charge in [0, 0.05) is 19.3 Å². The molecule has 1 fully saturated rings. The van der Waals surface area contributed by atoms with Crippen LogP contribution in [0.4, 0.5) is 5.95 Å². The predicted molar refractivity (Wildman–Crippen MR) is 85.2 cm³/mol. The molecule has 116 valence electrons. The quantitative estimate of drug-likeness (QED) is 0.675. The Kier molecular flexibility index (Phi) is 3.54. The van der Waals surface area contributed by atoms with E-state index in [0.717, 1.165) is 49.9 Å². The Morgan fingerprint density at radius 2 is 2.23 bits per heavy atom. The number of aromatic nitrogens is 4. The van der Waals surface area contributed by atoms with Crippen molar-refractivity contribution in [3.05, 3.63) is 29.7 Å². The number of hydrogen-bond donors (Lipinski definition) is 1. The summed E-state index contributed by atoms with van der Waals surface area (Å²) < 4.78 is 6.18. The monoisotopic (exact) mass is 317 g/mol. The van der Waals surface area contributed by atoms with Gasteiger partial charge in [-0.1, -0.05) is 0 Å². The highest BCUT2D eigenvalue weighted by atomic mass is 32.2. The van der Waals surface area contributed by atoms with E-state index in [1.54, 1.807) is 11.8 Å². The minimum absolute atomic E-state index is 0.197. The van der Waals surface area contributed by atoms with Crippen molar-refractivity contribution in [2.75, 3.05) is 30.9 Å². The molecule has 0 unspecified atom stereocenters. The molecule has 4 heterocycles. The number of anilines is 1. The fourth-order valence-corrected chi connectivity index (χ4v) is 3.75. The van der Waals surface area contributed by atoms with E-state index in [0.29, 0.717) is 0 Å². The summed E-state index contributed by atoms with van der Waals surface area (Å²) in [5.41, 5.74) is 2.29. The van der Waals surface area contributed by atoms with Gasteiger partial charge in [0.15, 0.2) is 0 Å². The molecule has 0 saturated carbocycles. The van der Waals surface area contributed by atoms with Gasteiger partial charge in [-0.3, -0.25) is 5.10 Å². The Hall–Kier alpha value is -1.60. The highest BCUT2D eigenvalue weighted by Crippen LogP contribution is 2.40. The van der Waals surface area contributed by atoms with Crippen LogP contribution in [0.25, 0.3) is 0 Å². The molecule has 2 aromatic rings. The van der Waals surface area contributed by atoms with E-state index >= 15 is 0 Å². The minimum Gasteiger partial charge on any atom is -0.368 e. The van der Waals surface area contributed by atoms with Gasteiger partial charge >= 0.3 is 0 Å². The number of aromatic amines is 1. The maximum Gasteiger partial charge on any atom is 0.226 e. The van der Waals surface area contributed by atoms with Crippen molar-refractivity contribution < 1.29 is 4.74 Å². The fraction of sp³-hybridized carbons (Fsp3) is 0.533. The van der Waals surface area contributed by atoms with Gasteiger partial charge < -0.3 is 9.64 Å². The minimum atomic E-state index is -0.197. The van der Waals surface area contributed by atoms with Crippen molar-refractivity contribution in [2.45, 2.75) is 29.9 Å². The van der Waals surface area contributed by atoms with Gasteiger partial charge in [-0.05, 0) is 37.1 Å². The Morgan fingerprint density at radius 3 is 3.05 bits per heavy atom. The van der Waals surface area contributed by atoms with Crippen molar-refractivity contribution in [1.82, 2.24) is 20.2 Å². The highest BCUT2D eigenvalue weighted by molar-refractivity contribution is 7.98. The predicted octanol–water partition coefficient (Wildman–Crippen LogP) is 1.99. The van der Waals surface area contributed by atoms with Crippen molar-refractivity contribution in [3.8, 4) is 0 Å². The summed E-state index contributed by atoms with van der Waals surface area (Å²) in [5.74, 6) is 0.822. The molecule has 0 bridgehead atoms. The van der Waals surface area contributed by atoms with Crippen LogP contribution < -0.4 is 4.90 Å². The first kappa shape index (κ1) is 14.0. The number of thioether (sulfide) groups is 1. The van der Waals surface area contributed by atoms with Crippen LogP contribution in [-0.4, -0.2) is 46.1 Å². The Morgan fingerprint density at radius 1 is 1.36 bits per heavy atom. The molecule has 0 aliphatic carbocycles. The lowest BCUT2D eigenvalue weighted by atomic mass is 9.84. The molecule has 2 aliphatic heterocycles. The molecule has 1 saturated heterocycles. The average molecular weight is 317 g/mol. The van der Waals surface area contributed by atoms with Crippen LogP contribution in [0.15, 0.2) is 23.5 Å². The third kappa shape index (κ3) is 2.28. The number of H-pyrrole nitrogens is 1. The molecule has 0 radical (unpaired) electrons. The van der Waals surface area contributed by atoms with Gasteiger partial charge in [-0.15, -0.1) is 11.8 Å². The topological polar surface area (TPSA) is 66.9 Å². The molecule has 6 nitrogen and oxygen atoms in total. The summed E-state index contributed by atoms with van der Waals surface area (Å²) >= 11 is 1.64. The van der Waals surface area contributed by atoms with Crippen LogP contribution in [0.2, 0.25) is 0 Å². The van der Waals surface area contributed by atoms with E-state index < -0.39 is 0 Å². The lowest BCUT2D eigenvalue weighted by Crippen LogP contribution is -2.47. The number of ether oxygens (including phenoxy) is 1. The third-order valence-corrected chi connectivity index (χ3v) is 5.25. The summed E-state index contributed by atoms with van der Waals surface area (Å²) in [5, 5.41) is 8.38. The molecule has 2 aliphatic rings. The average Bonchev–Trinajstić information content (AvgIpc) is 3.06. The zero-order chi connectivity index (χ0) is 15.0. The molecule has 7 heteroatoms. The Balaban J connectivity index is 1.54. The van der Waals surface area contributed by atoms with Crippen LogP contribution in [0.5, 0.6) is 0 Å². The maximum atomic E-state index is 6.18. The summed E-state index contributed by atoms with van der Waals surface area (Å²) in [6.45, 7) is 2.58. The molecular formula is C15H19N5OS. The van der Waals surface area contributed by atoms with Gasteiger partial charge in [0.05, 0.1) is 18.5 Å². The first-order valence-corrected chi connectivity index (χ1v) is 8.82. The molecular weight excluding hydrogens is 298 g/mol. The number of nitrogens with zero attached hydrogens (tertiary/aromatic N) is 4. The van der Waals surface area contributed by atoms with E-state index in [9.17, 15) is 0 Å². The fourth-order valence-electron chi connectivity index (χ4n) is 3.38. The van der Waals surface area contributed by atoms with Gasteiger partial charge in [-0.2, -0.15) is 5.10 Å². The van der Waals surface area contributed by atoms with Crippen LogP contribution in [0, 0.1) is 0 Å². The molecule has 0 aromatic carbocycles. The van der Waals surface area contributed by atoms with E-state index in [-0.39, 0.29) is 5.60 Å². The standard InChI is InChI=1S/C15H19N5OS/c1-22-12-2-6-16-14(18-12)20-7-4-15(5-8-20)13-11(3-9-21-15)10-17-19-13/h2,6,10H,3-5,7-9H2,1H3,(H,17,19). The molecule has 1 spiro atoms. The number of hydrogen-bond acceptors (Lipinski definition) is 6. The van der Waals surface area contributed by atoms with E-state index in [1.165, 1.54) is 11.3 Å². The van der Waals surface area contributed by atoms with Gasteiger partial charge in [0.25, 0.3) is 0 Å². The Labute approximate surface area is 133 Å².